The van der Waals surface area contributed by atoms with Crippen molar-refractivity contribution in [3.05, 3.63) is 82.9 Å². The Morgan fingerprint density at radius 1 is 1.13 bits per heavy atom. The van der Waals surface area contributed by atoms with E-state index in [0.29, 0.717) is 67.7 Å². The molecule has 5 aliphatic carbocycles. The van der Waals surface area contributed by atoms with Crippen LogP contribution in [0.1, 0.15) is 92.6 Å². The van der Waals surface area contributed by atoms with Crippen molar-refractivity contribution in [2.24, 2.45) is 52.1 Å². The number of benzene rings is 1. The van der Waals surface area contributed by atoms with E-state index in [0.717, 1.165) is 30.4 Å². The van der Waals surface area contributed by atoms with Crippen molar-refractivity contribution < 1.29 is 24.2 Å². The number of fused-ring (bicyclic) bond motifs is 4. The molecule has 3 N–H and O–H groups in total. The number of carbonyl (C=O) groups is 2. The lowest BCUT2D eigenvalue weighted by molar-refractivity contribution is -0.273. The Morgan fingerprint density at radius 2 is 2.00 bits per heavy atom. The predicted octanol–water partition coefficient (Wildman–Crippen LogP) is 7.21. The summed E-state index contributed by atoms with van der Waals surface area (Å²) in [6.07, 6.45) is 22.2. The highest BCUT2D eigenvalue weighted by atomic mass is 16.6. The summed E-state index contributed by atoms with van der Waals surface area (Å²) in [7, 11) is 0. The molecular formula is C40H45NO5. The van der Waals surface area contributed by atoms with Crippen LogP contribution in [0.25, 0.3) is 0 Å². The number of rotatable bonds is 7. The number of carbonyl (C=O) groups excluding carboxylic acids is 2. The average molecular weight is 620 g/mol. The smallest absolute Gasteiger partial charge is 0.339 e. The quantitative estimate of drug-likeness (QED) is 0.190. The standard InChI is InChI=1S/C40H45NO5/c1-2-9-33-38-20-19-25-10-5-11-26(22-29-15-6-13-27-12-3-4-17-30(27)29)23-32(42)35(45-37(38)44)39(38,24-25)40(33)31-18-7-14-28(16-8-21-41)34(31)36(43)46-40/h3-4,7,12,14,17-20,25-27,29-30,33,42H,2,6,8-9,11,13,15-16,21-24,41H2,1H3/b35-32-/t25-,26-,27+,29-,30-,33+,38+,39-,40-/m1/s1. The molecule has 1 aromatic carbocycles. The van der Waals surface area contributed by atoms with Gasteiger partial charge in [0.05, 0.1) is 11.0 Å². The summed E-state index contributed by atoms with van der Waals surface area (Å²) in [6, 6.07) is 5.99. The summed E-state index contributed by atoms with van der Waals surface area (Å²) >= 11 is 0. The summed E-state index contributed by atoms with van der Waals surface area (Å²) < 4.78 is 13.0. The summed E-state index contributed by atoms with van der Waals surface area (Å²) in [5.41, 5.74) is 5.01. The predicted molar refractivity (Wildman–Crippen MR) is 175 cm³/mol. The van der Waals surface area contributed by atoms with Gasteiger partial charge in [-0.15, -0.1) is 5.92 Å². The van der Waals surface area contributed by atoms with E-state index in [1.807, 2.05) is 24.3 Å². The van der Waals surface area contributed by atoms with Crippen molar-refractivity contribution >= 4 is 11.9 Å². The highest BCUT2D eigenvalue weighted by molar-refractivity contribution is 5.99. The molecule has 9 atom stereocenters. The number of ether oxygens (including phenoxy) is 2. The fourth-order valence-electron chi connectivity index (χ4n) is 11.0. The Morgan fingerprint density at radius 3 is 2.85 bits per heavy atom. The second-order valence-electron chi connectivity index (χ2n) is 14.8. The van der Waals surface area contributed by atoms with Crippen molar-refractivity contribution in [3.8, 4) is 11.8 Å². The molecule has 1 aromatic rings. The third kappa shape index (κ3) is 3.81. The van der Waals surface area contributed by atoms with Gasteiger partial charge in [-0.25, -0.2) is 4.79 Å². The van der Waals surface area contributed by atoms with Gasteiger partial charge in [0.2, 0.25) is 0 Å². The third-order valence-corrected chi connectivity index (χ3v) is 12.7. The fourth-order valence-corrected chi connectivity index (χ4v) is 11.0. The zero-order valence-electron chi connectivity index (χ0n) is 26.8. The van der Waals surface area contributed by atoms with Gasteiger partial charge in [0.25, 0.3) is 0 Å². The molecule has 0 aromatic heterocycles. The number of aliphatic hydroxyl groups is 1. The molecule has 0 radical (unpaired) electrons. The largest absolute Gasteiger partial charge is 0.509 e. The Hall–Kier alpha value is -3.56. The van der Waals surface area contributed by atoms with Crippen LogP contribution in [0, 0.1) is 58.2 Å². The highest BCUT2D eigenvalue weighted by Crippen LogP contribution is 2.84. The molecule has 2 aliphatic heterocycles. The van der Waals surface area contributed by atoms with Crippen molar-refractivity contribution in [3.63, 3.8) is 0 Å². The molecule has 0 unspecified atom stereocenters. The maximum absolute atomic E-state index is 14.3. The first kappa shape index (κ1) is 29.8. The van der Waals surface area contributed by atoms with Gasteiger partial charge < -0.3 is 20.3 Å². The second kappa shape index (κ2) is 11.0. The Bertz CT molecular complexity index is 1660. The minimum absolute atomic E-state index is 0.125. The Kier molecular flexibility index (Phi) is 7.14. The molecular weight excluding hydrogens is 574 g/mol. The van der Waals surface area contributed by atoms with E-state index in [9.17, 15) is 14.7 Å². The number of aliphatic hydroxyl groups excluding tert-OH is 1. The zero-order valence-corrected chi connectivity index (χ0v) is 26.8. The molecule has 2 saturated carbocycles. The van der Waals surface area contributed by atoms with Gasteiger partial charge in [-0.2, -0.15) is 0 Å². The maximum Gasteiger partial charge on any atom is 0.339 e. The normalized spacial score (nSPS) is 41.1. The van der Waals surface area contributed by atoms with E-state index < -0.39 is 16.4 Å². The highest BCUT2D eigenvalue weighted by Gasteiger charge is 2.91. The Labute approximate surface area is 272 Å². The minimum Gasteiger partial charge on any atom is -0.509 e. The monoisotopic (exact) mass is 619 g/mol. The van der Waals surface area contributed by atoms with Gasteiger partial charge in [0, 0.05) is 30.2 Å². The number of allylic oxidation sites excluding steroid dienone is 6. The minimum atomic E-state index is -1.13. The molecule has 46 heavy (non-hydrogen) atoms. The number of esters is 2. The lowest BCUT2D eigenvalue weighted by Gasteiger charge is -2.69. The zero-order chi connectivity index (χ0) is 31.7. The molecule has 2 heterocycles. The van der Waals surface area contributed by atoms with Crippen LogP contribution in [0.2, 0.25) is 0 Å². The number of hydrogen-bond acceptors (Lipinski definition) is 6. The van der Waals surface area contributed by atoms with E-state index in [2.05, 4.69) is 49.1 Å². The maximum atomic E-state index is 14.3. The first-order chi connectivity index (χ1) is 22.4. The van der Waals surface area contributed by atoms with Crippen LogP contribution in [-0.4, -0.2) is 23.6 Å². The SMILES string of the molecule is CCC[C@@H]1[C@@]2(OC(=O)c3c(CCCN)cccc32)[C@]23C[C@@H]4C#CC[C@H](C[C@H]5CCC[C@@H]6C=CC=C[C@@H]56)C/C(O)=C\2OC(=O)[C@]13C=C4. The molecule has 1 saturated heterocycles. The summed E-state index contributed by atoms with van der Waals surface area (Å²) in [4.78, 5) is 28.3. The number of hydrogen-bond donors (Lipinski definition) is 2. The summed E-state index contributed by atoms with van der Waals surface area (Å²) in [6.45, 7) is 2.63. The number of nitrogens with two attached hydrogens (primary N) is 1. The van der Waals surface area contributed by atoms with Crippen LogP contribution in [0.4, 0.5) is 0 Å². The lowest BCUT2D eigenvalue weighted by atomic mass is 9.31. The number of aryl methyl sites for hydroxylation is 1. The Balaban J connectivity index is 1.26. The van der Waals surface area contributed by atoms with Crippen LogP contribution in [0.15, 0.2) is 66.2 Å². The van der Waals surface area contributed by atoms with Crippen molar-refractivity contribution in [2.45, 2.75) is 83.2 Å². The molecule has 240 valence electrons. The van der Waals surface area contributed by atoms with Gasteiger partial charge in [-0.1, -0.05) is 80.3 Å². The van der Waals surface area contributed by atoms with Crippen LogP contribution < -0.4 is 5.73 Å². The van der Waals surface area contributed by atoms with Gasteiger partial charge in [-0.3, -0.25) is 4.79 Å². The van der Waals surface area contributed by atoms with Gasteiger partial charge in [0.1, 0.15) is 11.2 Å². The van der Waals surface area contributed by atoms with Crippen LogP contribution in [0.5, 0.6) is 0 Å². The van der Waals surface area contributed by atoms with Gasteiger partial charge >= 0.3 is 11.9 Å². The third-order valence-electron chi connectivity index (χ3n) is 12.7. The molecule has 8 rings (SSSR count). The average Bonchev–Trinajstić information content (AvgIpc) is 3.52. The van der Waals surface area contributed by atoms with E-state index >= 15 is 0 Å². The molecule has 2 spiro atoms. The van der Waals surface area contributed by atoms with Crippen molar-refractivity contribution in [1.29, 1.82) is 0 Å². The molecule has 3 fully saturated rings. The van der Waals surface area contributed by atoms with Crippen molar-refractivity contribution in [2.75, 3.05) is 6.54 Å². The molecule has 6 nitrogen and oxygen atoms in total. The first-order valence-electron chi connectivity index (χ1n) is 17.6. The second-order valence-corrected chi connectivity index (χ2v) is 14.8. The van der Waals surface area contributed by atoms with E-state index in [-0.39, 0.29) is 35.5 Å². The fraction of sp³-hybridized carbons (Fsp3) is 0.550. The molecule has 7 aliphatic rings. The van der Waals surface area contributed by atoms with Gasteiger partial charge in [0.15, 0.2) is 11.4 Å². The van der Waals surface area contributed by atoms with E-state index in [1.165, 1.54) is 19.3 Å². The van der Waals surface area contributed by atoms with Gasteiger partial charge in [-0.05, 0) is 80.7 Å². The lowest BCUT2D eigenvalue weighted by Crippen LogP contribution is -2.75. The van der Waals surface area contributed by atoms with E-state index in [4.69, 9.17) is 15.2 Å². The summed E-state index contributed by atoms with van der Waals surface area (Å²) in [5, 5.41) is 12.2. The molecule has 0 amide bonds. The van der Waals surface area contributed by atoms with Crippen LogP contribution in [-0.2, 0) is 26.3 Å². The summed E-state index contributed by atoms with van der Waals surface area (Å²) in [5.74, 6) is 8.11. The van der Waals surface area contributed by atoms with Crippen molar-refractivity contribution in [1.82, 2.24) is 0 Å². The first-order valence-corrected chi connectivity index (χ1v) is 17.6. The van der Waals surface area contributed by atoms with Crippen LogP contribution in [0.3, 0.4) is 0 Å². The topological polar surface area (TPSA) is 98.8 Å². The van der Waals surface area contributed by atoms with E-state index in [1.54, 1.807) is 0 Å². The molecule has 2 bridgehead atoms. The molecule has 6 heteroatoms. The van der Waals surface area contributed by atoms with Crippen LogP contribution >= 0.6 is 0 Å².